The number of hydrazine groups is 1. The first-order valence-corrected chi connectivity index (χ1v) is 7.26. The topological polar surface area (TPSA) is 36.5 Å². The van der Waals surface area contributed by atoms with Gasteiger partial charge in [-0.05, 0) is 24.3 Å². The SMILES string of the molecule is C=C(c1cccc(Oc2ccc(NNC)c(Cl)c2)c1)N(C)C. The lowest BCUT2D eigenvalue weighted by Crippen LogP contribution is -2.15. The van der Waals surface area contributed by atoms with Crippen molar-refractivity contribution in [3.63, 3.8) is 0 Å². The van der Waals surface area contributed by atoms with E-state index in [1.54, 1.807) is 13.1 Å². The van der Waals surface area contributed by atoms with E-state index in [1.165, 1.54) is 0 Å². The van der Waals surface area contributed by atoms with Crippen LogP contribution in [0.3, 0.4) is 0 Å². The monoisotopic (exact) mass is 317 g/mol. The molecule has 116 valence electrons. The molecule has 0 radical (unpaired) electrons. The highest BCUT2D eigenvalue weighted by Gasteiger charge is 2.06. The van der Waals surface area contributed by atoms with Crippen LogP contribution in [0.5, 0.6) is 11.5 Å². The van der Waals surface area contributed by atoms with Crippen LogP contribution in [0.2, 0.25) is 5.02 Å². The fraction of sp³-hybridized carbons (Fsp3) is 0.176. The molecule has 0 heterocycles. The Morgan fingerprint density at radius 3 is 2.50 bits per heavy atom. The van der Waals surface area contributed by atoms with Gasteiger partial charge in [-0.25, -0.2) is 5.43 Å². The molecule has 2 rings (SSSR count). The van der Waals surface area contributed by atoms with Crippen LogP contribution < -0.4 is 15.6 Å². The maximum absolute atomic E-state index is 6.19. The van der Waals surface area contributed by atoms with Crippen molar-refractivity contribution >= 4 is 23.0 Å². The highest BCUT2D eigenvalue weighted by atomic mass is 35.5. The van der Waals surface area contributed by atoms with E-state index in [-0.39, 0.29) is 0 Å². The Balaban J connectivity index is 2.19. The van der Waals surface area contributed by atoms with Crippen LogP contribution in [-0.2, 0) is 0 Å². The van der Waals surface area contributed by atoms with Crippen LogP contribution in [0.25, 0.3) is 5.70 Å². The van der Waals surface area contributed by atoms with Crippen LogP contribution in [-0.4, -0.2) is 26.0 Å². The number of rotatable bonds is 6. The zero-order valence-electron chi connectivity index (χ0n) is 13.0. The smallest absolute Gasteiger partial charge is 0.129 e. The zero-order valence-corrected chi connectivity index (χ0v) is 13.7. The third-order valence-electron chi connectivity index (χ3n) is 3.14. The first kappa shape index (κ1) is 16.2. The molecule has 5 heteroatoms. The van der Waals surface area contributed by atoms with Crippen LogP contribution in [0, 0.1) is 0 Å². The molecule has 0 unspecified atom stereocenters. The third kappa shape index (κ3) is 3.93. The van der Waals surface area contributed by atoms with Crippen molar-refractivity contribution in [1.82, 2.24) is 10.3 Å². The minimum Gasteiger partial charge on any atom is -0.457 e. The molecule has 0 spiro atoms. The quantitative estimate of drug-likeness (QED) is 0.782. The third-order valence-corrected chi connectivity index (χ3v) is 3.46. The molecule has 0 fully saturated rings. The molecule has 0 bridgehead atoms. The number of anilines is 1. The van der Waals surface area contributed by atoms with Crippen LogP contribution in [0.15, 0.2) is 49.0 Å². The number of ether oxygens (including phenoxy) is 1. The van der Waals surface area contributed by atoms with Gasteiger partial charge in [0.25, 0.3) is 0 Å². The maximum Gasteiger partial charge on any atom is 0.129 e. The van der Waals surface area contributed by atoms with E-state index in [9.17, 15) is 0 Å². The first-order chi connectivity index (χ1) is 10.5. The summed E-state index contributed by atoms with van der Waals surface area (Å²) >= 11 is 6.19. The molecule has 2 N–H and O–H groups in total. The van der Waals surface area contributed by atoms with Gasteiger partial charge in [-0.1, -0.05) is 30.3 Å². The standard InChI is InChI=1S/C17H20ClN3O/c1-12(21(3)4)13-6-5-7-14(10-13)22-15-8-9-17(20-19-2)16(18)11-15/h5-11,19-20H,1H2,2-4H3. The lowest BCUT2D eigenvalue weighted by atomic mass is 10.1. The van der Waals surface area contributed by atoms with Crippen molar-refractivity contribution < 1.29 is 4.74 Å². The molecule has 4 nitrogen and oxygen atoms in total. The van der Waals surface area contributed by atoms with E-state index in [0.717, 1.165) is 22.7 Å². The normalized spacial score (nSPS) is 10.2. The number of hydrogen-bond acceptors (Lipinski definition) is 4. The molecule has 0 saturated heterocycles. The van der Waals surface area contributed by atoms with E-state index in [0.29, 0.717) is 10.8 Å². The van der Waals surface area contributed by atoms with Crippen LogP contribution >= 0.6 is 11.6 Å². The highest BCUT2D eigenvalue weighted by molar-refractivity contribution is 6.33. The van der Waals surface area contributed by atoms with Gasteiger partial charge in [0.15, 0.2) is 0 Å². The van der Waals surface area contributed by atoms with Gasteiger partial charge in [-0.15, -0.1) is 0 Å². The molecule has 0 aliphatic carbocycles. The summed E-state index contributed by atoms with van der Waals surface area (Å²) in [7, 11) is 5.70. The number of hydrogen-bond donors (Lipinski definition) is 2. The molecule has 0 amide bonds. The van der Waals surface area contributed by atoms with E-state index < -0.39 is 0 Å². The molecule has 0 atom stereocenters. The molecular formula is C17H20ClN3O. The summed E-state index contributed by atoms with van der Waals surface area (Å²) in [5.41, 5.74) is 8.52. The Kier molecular flexibility index (Phi) is 5.31. The van der Waals surface area contributed by atoms with Gasteiger partial charge in [0.05, 0.1) is 10.7 Å². The Bertz CT molecular complexity index is 671. The Labute approximate surface area is 136 Å². The zero-order chi connectivity index (χ0) is 16.1. The van der Waals surface area contributed by atoms with Crippen molar-refractivity contribution in [2.75, 3.05) is 26.6 Å². The Morgan fingerprint density at radius 1 is 1.14 bits per heavy atom. The van der Waals surface area contributed by atoms with Crippen molar-refractivity contribution in [3.05, 3.63) is 59.6 Å². The fourth-order valence-corrected chi connectivity index (χ4v) is 2.15. The Morgan fingerprint density at radius 2 is 1.86 bits per heavy atom. The summed E-state index contributed by atoms with van der Waals surface area (Å²) in [5, 5.41) is 0.584. The van der Waals surface area contributed by atoms with Crippen LogP contribution in [0.1, 0.15) is 5.56 Å². The second-order valence-electron chi connectivity index (χ2n) is 4.99. The van der Waals surface area contributed by atoms with Crippen molar-refractivity contribution in [3.8, 4) is 11.5 Å². The molecule has 22 heavy (non-hydrogen) atoms. The minimum absolute atomic E-state index is 0.584. The predicted molar refractivity (Wildman–Crippen MR) is 93.4 cm³/mol. The second kappa shape index (κ2) is 7.20. The van der Waals surface area contributed by atoms with E-state index in [2.05, 4.69) is 17.4 Å². The van der Waals surface area contributed by atoms with Gasteiger partial charge in [0, 0.05) is 38.5 Å². The number of nitrogens with one attached hydrogen (secondary N) is 2. The lowest BCUT2D eigenvalue weighted by Gasteiger charge is -2.16. The summed E-state index contributed by atoms with van der Waals surface area (Å²) in [4.78, 5) is 1.97. The van der Waals surface area contributed by atoms with Gasteiger partial charge < -0.3 is 15.1 Å². The lowest BCUT2D eigenvalue weighted by molar-refractivity contribution is 0.482. The number of halogens is 1. The molecule has 2 aromatic carbocycles. The number of benzene rings is 2. The molecule has 2 aromatic rings. The summed E-state index contributed by atoms with van der Waals surface area (Å²) in [5.74, 6) is 1.42. The fourth-order valence-electron chi connectivity index (χ4n) is 1.93. The summed E-state index contributed by atoms with van der Waals surface area (Å²) in [6, 6.07) is 13.3. The van der Waals surface area contributed by atoms with Gasteiger partial charge in [-0.3, -0.25) is 0 Å². The van der Waals surface area contributed by atoms with Crippen LogP contribution in [0.4, 0.5) is 5.69 Å². The highest BCUT2D eigenvalue weighted by Crippen LogP contribution is 2.30. The summed E-state index contributed by atoms with van der Waals surface area (Å²) in [6.45, 7) is 4.05. The summed E-state index contributed by atoms with van der Waals surface area (Å²) < 4.78 is 5.87. The summed E-state index contributed by atoms with van der Waals surface area (Å²) in [6.07, 6.45) is 0. The van der Waals surface area contributed by atoms with Gasteiger partial charge in [0.2, 0.25) is 0 Å². The Hall–Kier alpha value is -2.17. The average Bonchev–Trinajstić information content (AvgIpc) is 2.49. The number of nitrogens with zero attached hydrogens (tertiary/aromatic N) is 1. The van der Waals surface area contributed by atoms with E-state index in [4.69, 9.17) is 16.3 Å². The second-order valence-corrected chi connectivity index (χ2v) is 5.39. The van der Waals surface area contributed by atoms with Gasteiger partial charge in [0.1, 0.15) is 11.5 Å². The molecule has 0 aliphatic heterocycles. The maximum atomic E-state index is 6.19. The largest absolute Gasteiger partial charge is 0.457 e. The molecule has 0 aliphatic rings. The van der Waals surface area contributed by atoms with Gasteiger partial charge in [-0.2, -0.15) is 0 Å². The molecule has 0 saturated carbocycles. The van der Waals surface area contributed by atoms with E-state index in [1.807, 2.05) is 55.4 Å². The first-order valence-electron chi connectivity index (χ1n) is 6.88. The minimum atomic E-state index is 0.584. The van der Waals surface area contributed by atoms with Crippen molar-refractivity contribution in [2.45, 2.75) is 0 Å². The van der Waals surface area contributed by atoms with E-state index >= 15 is 0 Å². The van der Waals surface area contributed by atoms with Gasteiger partial charge >= 0.3 is 0 Å². The van der Waals surface area contributed by atoms with Crippen molar-refractivity contribution in [1.29, 1.82) is 0 Å². The molecular weight excluding hydrogens is 298 g/mol. The molecule has 0 aromatic heterocycles. The average molecular weight is 318 g/mol. The van der Waals surface area contributed by atoms with Crippen molar-refractivity contribution in [2.24, 2.45) is 0 Å². The predicted octanol–water partition coefficient (Wildman–Crippen LogP) is 4.21.